The number of rotatable bonds is 0. The summed E-state index contributed by atoms with van der Waals surface area (Å²) in [6.07, 6.45) is 0. The fraction of sp³-hybridized carbons (Fsp3) is 0. The highest BCUT2D eigenvalue weighted by Crippen LogP contribution is 2.31. The zero-order valence-electron chi connectivity index (χ0n) is 5.47. The van der Waals surface area contributed by atoms with Crippen LogP contribution in [0.4, 0.5) is 0 Å². The second-order valence-electron chi connectivity index (χ2n) is 2.22. The van der Waals surface area contributed by atoms with Gasteiger partial charge in [0.25, 0.3) is 0 Å². The third-order valence-corrected chi connectivity index (χ3v) is 3.22. The Kier molecular flexibility index (Phi) is 1.91. The van der Waals surface area contributed by atoms with Crippen molar-refractivity contribution in [2.24, 2.45) is 0 Å². The Morgan fingerprint density at radius 3 is 3.00 bits per heavy atom. The van der Waals surface area contributed by atoms with Crippen LogP contribution < -0.4 is 0 Å². The lowest BCUT2D eigenvalue weighted by molar-refractivity contribution is 1.78. The van der Waals surface area contributed by atoms with Gasteiger partial charge in [-0.1, -0.05) is 27.5 Å². The summed E-state index contributed by atoms with van der Waals surface area (Å²) in [6, 6.07) is 5.98. The lowest BCUT2D eigenvalue weighted by Gasteiger charge is -1.94. The summed E-state index contributed by atoms with van der Waals surface area (Å²) < 4.78 is 2.30. The third kappa shape index (κ3) is 1.31. The van der Waals surface area contributed by atoms with Crippen LogP contribution in [0.25, 0.3) is 10.1 Å². The van der Waals surface area contributed by atoms with Crippen LogP contribution in [-0.4, -0.2) is 0 Å². The van der Waals surface area contributed by atoms with E-state index in [1.807, 2.05) is 12.1 Å². The van der Waals surface area contributed by atoms with Gasteiger partial charge in [0.05, 0.1) is 0 Å². The maximum Gasteiger partial charge on any atom is 0.0431 e. The maximum absolute atomic E-state index is 5.86. The Labute approximate surface area is 81.9 Å². The Balaban J connectivity index is 2.91. The van der Waals surface area contributed by atoms with E-state index in [2.05, 4.69) is 27.4 Å². The number of benzene rings is 1. The van der Waals surface area contributed by atoms with Crippen molar-refractivity contribution in [1.82, 2.24) is 0 Å². The van der Waals surface area contributed by atoms with E-state index in [0.717, 1.165) is 9.50 Å². The number of fused-ring (bicyclic) bond motifs is 1. The smallest absolute Gasteiger partial charge is 0.0431 e. The normalized spacial score (nSPS) is 10.7. The molecule has 0 fully saturated rings. The predicted octanol–water partition coefficient (Wildman–Crippen LogP) is 4.32. The molecule has 0 amide bonds. The zero-order chi connectivity index (χ0) is 7.84. The second kappa shape index (κ2) is 2.77. The highest BCUT2D eigenvalue weighted by Gasteiger charge is 2.00. The summed E-state index contributed by atoms with van der Waals surface area (Å²) in [6.45, 7) is 0. The molecule has 1 aromatic heterocycles. The minimum absolute atomic E-state index is 0.784. The first-order valence-electron chi connectivity index (χ1n) is 3.09. The molecular weight excluding hydrogens is 244 g/mol. The zero-order valence-corrected chi connectivity index (χ0v) is 8.63. The summed E-state index contributed by atoms with van der Waals surface area (Å²) in [4.78, 5) is 0. The summed E-state index contributed by atoms with van der Waals surface area (Å²) in [5.74, 6) is 0. The first-order chi connectivity index (χ1) is 5.27. The number of hydrogen-bond acceptors (Lipinski definition) is 1. The second-order valence-corrected chi connectivity index (χ2v) is 4.46. The van der Waals surface area contributed by atoms with Crippen LogP contribution in [0.1, 0.15) is 0 Å². The van der Waals surface area contributed by atoms with Gasteiger partial charge in [-0.25, -0.2) is 0 Å². The van der Waals surface area contributed by atoms with Gasteiger partial charge in [0.1, 0.15) is 0 Å². The summed E-state index contributed by atoms with van der Waals surface area (Å²) in [7, 11) is 0. The molecule has 3 heteroatoms. The summed E-state index contributed by atoms with van der Waals surface area (Å²) >= 11 is 11.0. The standard InChI is InChI=1S/C8H4BrClS/c9-7-3-5(10)4-8-6(7)1-2-11-8/h1-4H. The van der Waals surface area contributed by atoms with Crippen LogP contribution >= 0.6 is 38.9 Å². The van der Waals surface area contributed by atoms with Crippen LogP contribution in [0.5, 0.6) is 0 Å². The van der Waals surface area contributed by atoms with Gasteiger partial charge in [-0.3, -0.25) is 0 Å². The molecule has 0 radical (unpaired) electrons. The molecule has 1 heterocycles. The van der Waals surface area contributed by atoms with Gasteiger partial charge in [-0.05, 0) is 23.6 Å². The molecule has 0 spiro atoms. The monoisotopic (exact) mass is 246 g/mol. The van der Waals surface area contributed by atoms with Gasteiger partial charge in [0.2, 0.25) is 0 Å². The van der Waals surface area contributed by atoms with Gasteiger partial charge in [0.15, 0.2) is 0 Å². The minimum atomic E-state index is 0.784. The third-order valence-electron chi connectivity index (χ3n) is 1.49. The maximum atomic E-state index is 5.86. The van der Waals surface area contributed by atoms with Crippen LogP contribution in [0, 0.1) is 0 Å². The van der Waals surface area contributed by atoms with E-state index in [1.165, 1.54) is 10.1 Å². The highest BCUT2D eigenvalue weighted by molar-refractivity contribution is 9.10. The molecule has 0 unspecified atom stereocenters. The van der Waals surface area contributed by atoms with Crippen LogP contribution in [-0.2, 0) is 0 Å². The van der Waals surface area contributed by atoms with E-state index >= 15 is 0 Å². The van der Waals surface area contributed by atoms with Crippen molar-refractivity contribution in [2.45, 2.75) is 0 Å². The predicted molar refractivity (Wildman–Crippen MR) is 54.5 cm³/mol. The molecule has 0 aliphatic rings. The minimum Gasteiger partial charge on any atom is -0.144 e. The molecule has 1 aromatic carbocycles. The average molecular weight is 248 g/mol. The Morgan fingerprint density at radius 2 is 2.18 bits per heavy atom. The van der Waals surface area contributed by atoms with Crippen molar-refractivity contribution in [3.63, 3.8) is 0 Å². The van der Waals surface area contributed by atoms with E-state index in [9.17, 15) is 0 Å². The lowest BCUT2D eigenvalue weighted by atomic mass is 10.3. The molecule has 2 aromatic rings. The summed E-state index contributed by atoms with van der Waals surface area (Å²) in [5.41, 5.74) is 0. The van der Waals surface area contributed by atoms with Gasteiger partial charge >= 0.3 is 0 Å². The fourth-order valence-electron chi connectivity index (χ4n) is 0.996. The molecule has 0 atom stereocenters. The number of hydrogen-bond donors (Lipinski definition) is 0. The Hall–Kier alpha value is -0.0500. The molecule has 0 bridgehead atoms. The summed E-state index contributed by atoms with van der Waals surface area (Å²) in [5, 5.41) is 4.08. The van der Waals surface area contributed by atoms with Crippen LogP contribution in [0.15, 0.2) is 28.1 Å². The van der Waals surface area contributed by atoms with Crippen molar-refractivity contribution in [3.05, 3.63) is 33.1 Å². The molecule has 0 saturated carbocycles. The van der Waals surface area contributed by atoms with E-state index in [-0.39, 0.29) is 0 Å². The molecule has 56 valence electrons. The van der Waals surface area contributed by atoms with E-state index in [0.29, 0.717) is 0 Å². The molecular formula is C8H4BrClS. The Morgan fingerprint density at radius 1 is 1.36 bits per heavy atom. The van der Waals surface area contributed by atoms with Gasteiger partial charge in [0, 0.05) is 19.6 Å². The van der Waals surface area contributed by atoms with Crippen LogP contribution in [0.3, 0.4) is 0 Å². The van der Waals surface area contributed by atoms with Crippen molar-refractivity contribution in [3.8, 4) is 0 Å². The van der Waals surface area contributed by atoms with Crippen molar-refractivity contribution < 1.29 is 0 Å². The fourth-order valence-corrected chi connectivity index (χ4v) is 2.98. The quantitative estimate of drug-likeness (QED) is 0.650. The molecule has 0 nitrogen and oxygen atoms in total. The van der Waals surface area contributed by atoms with Crippen molar-refractivity contribution >= 4 is 49.0 Å². The average Bonchev–Trinajstić information content (AvgIpc) is 2.34. The van der Waals surface area contributed by atoms with E-state index in [1.54, 1.807) is 11.3 Å². The lowest BCUT2D eigenvalue weighted by Crippen LogP contribution is -1.66. The topological polar surface area (TPSA) is 0 Å². The van der Waals surface area contributed by atoms with Crippen LogP contribution in [0.2, 0.25) is 5.02 Å². The molecule has 0 N–H and O–H groups in total. The van der Waals surface area contributed by atoms with Gasteiger partial charge in [-0.2, -0.15) is 0 Å². The molecule has 0 aliphatic heterocycles. The van der Waals surface area contributed by atoms with E-state index < -0.39 is 0 Å². The van der Waals surface area contributed by atoms with Gasteiger partial charge < -0.3 is 0 Å². The molecule has 0 aliphatic carbocycles. The SMILES string of the molecule is Clc1cc(Br)c2ccsc2c1. The number of halogens is 2. The molecule has 11 heavy (non-hydrogen) atoms. The first-order valence-corrected chi connectivity index (χ1v) is 5.15. The first kappa shape index (κ1) is 7.59. The molecule has 2 rings (SSSR count). The van der Waals surface area contributed by atoms with Crippen molar-refractivity contribution in [2.75, 3.05) is 0 Å². The van der Waals surface area contributed by atoms with E-state index in [4.69, 9.17) is 11.6 Å². The largest absolute Gasteiger partial charge is 0.144 e. The Bertz CT molecular complexity index is 394. The van der Waals surface area contributed by atoms with Crippen molar-refractivity contribution in [1.29, 1.82) is 0 Å². The van der Waals surface area contributed by atoms with Gasteiger partial charge in [-0.15, -0.1) is 11.3 Å². The number of thiophene rings is 1. The molecule has 0 saturated heterocycles. The highest BCUT2D eigenvalue weighted by atomic mass is 79.9.